The molecule has 23 heavy (non-hydrogen) atoms. The van der Waals surface area contributed by atoms with E-state index < -0.39 is 35.9 Å². The highest BCUT2D eigenvalue weighted by molar-refractivity contribution is 9.10. The number of carbonyl (C=O) groups excluding carboxylic acids is 1. The topological polar surface area (TPSA) is 66.8 Å². The predicted octanol–water partition coefficient (Wildman–Crippen LogP) is 3.28. The van der Waals surface area contributed by atoms with E-state index in [0.29, 0.717) is 6.42 Å². The Hall–Kier alpha value is -1.77. The maximum absolute atomic E-state index is 12.4. The number of carbonyl (C=O) groups is 2. The van der Waals surface area contributed by atoms with Gasteiger partial charge in [0.05, 0.1) is 10.4 Å². The zero-order chi connectivity index (χ0) is 17.4. The number of nitrogens with zero attached hydrogens (tertiary/aromatic N) is 1. The van der Waals surface area contributed by atoms with E-state index in [0.717, 1.165) is 6.07 Å². The van der Waals surface area contributed by atoms with Crippen molar-refractivity contribution in [3.05, 3.63) is 28.2 Å². The molecule has 0 radical (unpaired) electrons. The third-order valence-electron chi connectivity index (χ3n) is 3.74. The molecule has 5 nitrogen and oxygen atoms in total. The molecule has 126 valence electrons. The Morgan fingerprint density at radius 2 is 2.04 bits per heavy atom. The van der Waals surface area contributed by atoms with Gasteiger partial charge in [0, 0.05) is 18.2 Å². The number of amides is 1. The van der Waals surface area contributed by atoms with E-state index in [1.807, 2.05) is 0 Å². The molecule has 2 unspecified atom stereocenters. The summed E-state index contributed by atoms with van der Waals surface area (Å²) in [5.41, 5.74) is 0.00494. The smallest absolute Gasteiger partial charge is 0.481 e. The summed E-state index contributed by atoms with van der Waals surface area (Å²) in [7, 11) is 0. The van der Waals surface area contributed by atoms with Gasteiger partial charge in [-0.1, -0.05) is 0 Å². The number of carboxylic acid groups (broad SMARTS) is 1. The van der Waals surface area contributed by atoms with E-state index in [2.05, 4.69) is 20.7 Å². The summed E-state index contributed by atoms with van der Waals surface area (Å²) in [6, 6.07) is 3.09. The third kappa shape index (κ3) is 3.95. The van der Waals surface area contributed by atoms with Crippen LogP contribution in [-0.2, 0) is 4.79 Å². The van der Waals surface area contributed by atoms with Gasteiger partial charge in [-0.15, -0.1) is 13.2 Å². The first-order valence-corrected chi connectivity index (χ1v) is 7.48. The first-order chi connectivity index (χ1) is 10.6. The van der Waals surface area contributed by atoms with E-state index >= 15 is 0 Å². The Labute approximate surface area is 138 Å². The van der Waals surface area contributed by atoms with Gasteiger partial charge < -0.3 is 14.7 Å². The fraction of sp³-hybridized carbons (Fsp3) is 0.429. The second-order valence-corrected chi connectivity index (χ2v) is 6.02. The van der Waals surface area contributed by atoms with Gasteiger partial charge in [-0.3, -0.25) is 9.59 Å². The number of benzene rings is 1. The van der Waals surface area contributed by atoms with Crippen LogP contribution in [0.4, 0.5) is 13.2 Å². The minimum Gasteiger partial charge on any atom is -0.481 e. The molecule has 1 aromatic carbocycles. The Morgan fingerprint density at radius 1 is 1.39 bits per heavy atom. The normalized spacial score (nSPS) is 21.3. The van der Waals surface area contributed by atoms with E-state index in [-0.39, 0.29) is 16.6 Å². The standard InChI is InChI=1S/C14H13BrF3NO4/c1-7-9(13(21)22)4-5-19(7)12(20)8-2-3-10(15)11(6-8)23-14(16,17)18/h2-3,6-7,9H,4-5H2,1H3,(H,21,22). The second-order valence-electron chi connectivity index (χ2n) is 5.17. The lowest BCUT2D eigenvalue weighted by molar-refractivity contribution is -0.274. The second kappa shape index (κ2) is 6.38. The molecular formula is C14H13BrF3NO4. The number of carboxylic acids is 1. The van der Waals surface area contributed by atoms with Crippen molar-refractivity contribution in [2.75, 3.05) is 6.54 Å². The zero-order valence-corrected chi connectivity index (χ0v) is 13.5. The molecule has 1 amide bonds. The van der Waals surface area contributed by atoms with Gasteiger partial charge in [0.1, 0.15) is 5.75 Å². The molecule has 1 aromatic rings. The number of hydrogen-bond donors (Lipinski definition) is 1. The third-order valence-corrected chi connectivity index (χ3v) is 4.39. The monoisotopic (exact) mass is 395 g/mol. The number of alkyl halides is 3. The van der Waals surface area contributed by atoms with Crippen LogP contribution in [0, 0.1) is 5.92 Å². The van der Waals surface area contributed by atoms with Crippen LogP contribution < -0.4 is 4.74 Å². The van der Waals surface area contributed by atoms with Gasteiger partial charge in [-0.2, -0.15) is 0 Å². The maximum atomic E-state index is 12.4. The van der Waals surface area contributed by atoms with Crippen molar-refractivity contribution in [2.24, 2.45) is 5.92 Å². The van der Waals surface area contributed by atoms with Crippen molar-refractivity contribution in [1.29, 1.82) is 0 Å². The maximum Gasteiger partial charge on any atom is 0.573 e. The van der Waals surface area contributed by atoms with Gasteiger partial charge in [-0.05, 0) is 47.5 Å². The number of hydrogen-bond acceptors (Lipinski definition) is 3. The number of aliphatic carboxylic acids is 1. The van der Waals surface area contributed by atoms with E-state index in [4.69, 9.17) is 5.11 Å². The first-order valence-electron chi connectivity index (χ1n) is 6.69. The van der Waals surface area contributed by atoms with E-state index in [1.165, 1.54) is 17.0 Å². The average Bonchev–Trinajstić information content (AvgIpc) is 2.81. The molecule has 0 aliphatic carbocycles. The fourth-order valence-electron chi connectivity index (χ4n) is 2.56. The summed E-state index contributed by atoms with van der Waals surface area (Å²) in [6.07, 6.45) is -4.57. The molecule has 9 heteroatoms. The van der Waals surface area contributed by atoms with Gasteiger partial charge in [-0.25, -0.2) is 0 Å². The molecule has 1 heterocycles. The van der Waals surface area contributed by atoms with Gasteiger partial charge in [0.25, 0.3) is 5.91 Å². The SMILES string of the molecule is CC1C(C(=O)O)CCN1C(=O)c1ccc(Br)c(OC(F)(F)F)c1. The van der Waals surface area contributed by atoms with Gasteiger partial charge >= 0.3 is 12.3 Å². The Kier molecular flexibility index (Phi) is 4.88. The Balaban J connectivity index is 2.23. The van der Waals surface area contributed by atoms with Crippen LogP contribution in [0.3, 0.4) is 0 Å². The van der Waals surface area contributed by atoms with Crippen molar-refractivity contribution < 1.29 is 32.6 Å². The van der Waals surface area contributed by atoms with E-state index in [1.54, 1.807) is 6.92 Å². The van der Waals surface area contributed by atoms with Crippen molar-refractivity contribution >= 4 is 27.8 Å². The van der Waals surface area contributed by atoms with Crippen molar-refractivity contribution in [1.82, 2.24) is 4.90 Å². The highest BCUT2D eigenvalue weighted by atomic mass is 79.9. The summed E-state index contributed by atoms with van der Waals surface area (Å²) in [5, 5.41) is 9.07. The summed E-state index contributed by atoms with van der Waals surface area (Å²) >= 11 is 2.93. The lowest BCUT2D eigenvalue weighted by Crippen LogP contribution is -2.37. The Morgan fingerprint density at radius 3 is 2.57 bits per heavy atom. The lowest BCUT2D eigenvalue weighted by atomic mass is 10.0. The van der Waals surface area contributed by atoms with Crippen LogP contribution >= 0.6 is 15.9 Å². The molecule has 1 aliphatic rings. The predicted molar refractivity (Wildman–Crippen MR) is 77.1 cm³/mol. The lowest BCUT2D eigenvalue weighted by Gasteiger charge is -2.23. The van der Waals surface area contributed by atoms with Crippen LogP contribution in [0.15, 0.2) is 22.7 Å². The summed E-state index contributed by atoms with van der Waals surface area (Å²) < 4.78 is 41.0. The molecule has 0 bridgehead atoms. The van der Waals surface area contributed by atoms with Gasteiger partial charge in [0.15, 0.2) is 0 Å². The van der Waals surface area contributed by atoms with E-state index in [9.17, 15) is 22.8 Å². The zero-order valence-electron chi connectivity index (χ0n) is 11.9. The van der Waals surface area contributed by atoms with Crippen molar-refractivity contribution in [3.8, 4) is 5.75 Å². The molecule has 1 fully saturated rings. The van der Waals surface area contributed by atoms with Crippen molar-refractivity contribution in [2.45, 2.75) is 25.7 Å². The highest BCUT2D eigenvalue weighted by Crippen LogP contribution is 2.33. The highest BCUT2D eigenvalue weighted by Gasteiger charge is 2.39. The van der Waals surface area contributed by atoms with Crippen LogP contribution in [0.25, 0.3) is 0 Å². The molecular weight excluding hydrogens is 383 g/mol. The number of ether oxygens (including phenoxy) is 1. The summed E-state index contributed by atoms with van der Waals surface area (Å²) in [4.78, 5) is 24.9. The van der Waals surface area contributed by atoms with Crippen molar-refractivity contribution in [3.63, 3.8) is 0 Å². The first kappa shape index (κ1) is 17.6. The molecule has 0 spiro atoms. The quantitative estimate of drug-likeness (QED) is 0.852. The molecule has 0 aromatic heterocycles. The summed E-state index contributed by atoms with van der Waals surface area (Å²) in [6.45, 7) is 1.85. The minimum absolute atomic E-state index is 0.00494. The molecule has 1 aliphatic heterocycles. The molecule has 2 atom stereocenters. The molecule has 1 N–H and O–H groups in total. The number of halogens is 4. The van der Waals surface area contributed by atoms with Crippen LogP contribution in [-0.4, -0.2) is 40.8 Å². The number of likely N-dealkylation sites (tertiary alicyclic amines) is 1. The van der Waals surface area contributed by atoms with Crippen LogP contribution in [0.1, 0.15) is 23.7 Å². The minimum atomic E-state index is -4.88. The molecule has 2 rings (SSSR count). The van der Waals surface area contributed by atoms with Gasteiger partial charge in [0.2, 0.25) is 0 Å². The largest absolute Gasteiger partial charge is 0.573 e. The van der Waals surface area contributed by atoms with Crippen LogP contribution in [0.5, 0.6) is 5.75 Å². The Bertz CT molecular complexity index is 635. The number of rotatable bonds is 3. The molecule has 1 saturated heterocycles. The average molecular weight is 396 g/mol. The van der Waals surface area contributed by atoms with Crippen LogP contribution in [0.2, 0.25) is 0 Å². The summed E-state index contributed by atoms with van der Waals surface area (Å²) in [5.74, 6) is -2.73. The molecule has 0 saturated carbocycles. The fourth-order valence-corrected chi connectivity index (χ4v) is 2.89.